The monoisotopic (exact) mass is 550 g/mol. The van der Waals surface area contributed by atoms with Crippen LogP contribution in [0, 0.1) is 11.2 Å². The zero-order chi connectivity index (χ0) is 27.3. The summed E-state index contributed by atoms with van der Waals surface area (Å²) < 4.78 is 62.2. The average molecular weight is 551 g/mol. The van der Waals surface area contributed by atoms with Crippen molar-refractivity contribution in [2.24, 2.45) is 10.2 Å². The molecule has 0 fully saturated rings. The standard InChI is InChI=1S/C24H28FN4O6PS/c1-24(2,3)21-20(30)19(23(31)29(21)13-14-6-8-15(25)9-7-14)22-26-17-11-10-16(28-37(5,33)34)12-18(17)36(32,27-22)35-4/h6-12,21,28,30H,13H2,1-5H3,(H,26,27,32). The van der Waals surface area contributed by atoms with Gasteiger partial charge in [0, 0.05) is 19.3 Å². The lowest BCUT2D eigenvalue weighted by molar-refractivity contribution is -0.129. The predicted octanol–water partition coefficient (Wildman–Crippen LogP) is 3.76. The molecule has 4 rings (SSSR count). The fourth-order valence-electron chi connectivity index (χ4n) is 4.44. The van der Waals surface area contributed by atoms with Crippen molar-refractivity contribution in [1.29, 1.82) is 0 Å². The molecule has 0 aromatic heterocycles. The van der Waals surface area contributed by atoms with Crippen molar-refractivity contribution in [1.82, 2.24) is 4.90 Å². The summed E-state index contributed by atoms with van der Waals surface area (Å²) in [4.78, 5) is 15.1. The first-order chi connectivity index (χ1) is 17.1. The van der Waals surface area contributed by atoms with Crippen LogP contribution in [-0.4, -0.2) is 49.6 Å². The van der Waals surface area contributed by atoms with Crippen molar-refractivity contribution in [3.63, 3.8) is 0 Å². The van der Waals surface area contributed by atoms with E-state index in [1.165, 1.54) is 42.3 Å². The summed E-state index contributed by atoms with van der Waals surface area (Å²) in [5.74, 6) is -1.32. The molecule has 0 spiro atoms. The minimum Gasteiger partial charge on any atom is -0.509 e. The van der Waals surface area contributed by atoms with Gasteiger partial charge in [-0.2, -0.15) is 4.76 Å². The second kappa shape index (κ2) is 9.27. The third-order valence-corrected chi connectivity index (χ3v) is 8.51. The fraction of sp³-hybridized carbons (Fsp3) is 0.333. The first-order valence-corrected chi connectivity index (χ1v) is 14.7. The molecule has 3 N–H and O–H groups in total. The number of nitrogens with one attached hydrogen (secondary N) is 2. The van der Waals surface area contributed by atoms with E-state index < -0.39 is 40.7 Å². The highest BCUT2D eigenvalue weighted by Gasteiger charge is 2.48. The summed E-state index contributed by atoms with van der Waals surface area (Å²) in [6.45, 7) is 5.69. The Labute approximate surface area is 214 Å². The van der Waals surface area contributed by atoms with Crippen LogP contribution >= 0.6 is 7.52 Å². The molecule has 2 unspecified atom stereocenters. The Balaban J connectivity index is 1.77. The molecule has 2 aliphatic heterocycles. The number of aliphatic hydroxyl groups is 1. The molecule has 0 bridgehead atoms. The molecule has 13 heteroatoms. The number of rotatable bonds is 6. The van der Waals surface area contributed by atoms with E-state index >= 15 is 0 Å². The third-order valence-electron chi connectivity index (χ3n) is 5.96. The van der Waals surface area contributed by atoms with Gasteiger partial charge in [0.25, 0.3) is 5.91 Å². The Morgan fingerprint density at radius 2 is 1.86 bits per heavy atom. The smallest absolute Gasteiger partial charge is 0.348 e. The molecule has 1 amide bonds. The van der Waals surface area contributed by atoms with Crippen LogP contribution in [0.15, 0.2) is 58.6 Å². The van der Waals surface area contributed by atoms with Gasteiger partial charge in [-0.1, -0.05) is 32.9 Å². The van der Waals surface area contributed by atoms with Gasteiger partial charge < -0.3 is 19.8 Å². The normalized spacial score (nSPS) is 22.0. The van der Waals surface area contributed by atoms with Crippen molar-refractivity contribution in [3.8, 4) is 0 Å². The molecule has 2 aromatic carbocycles. The predicted molar refractivity (Wildman–Crippen MR) is 140 cm³/mol. The van der Waals surface area contributed by atoms with E-state index in [0.717, 1.165) is 6.26 Å². The van der Waals surface area contributed by atoms with Gasteiger partial charge in [-0.3, -0.25) is 14.1 Å². The topological polar surface area (TPSA) is 137 Å². The van der Waals surface area contributed by atoms with E-state index in [4.69, 9.17) is 4.52 Å². The van der Waals surface area contributed by atoms with E-state index in [9.17, 15) is 27.3 Å². The van der Waals surface area contributed by atoms with E-state index in [-0.39, 0.29) is 40.4 Å². The number of hydrogen-bond donors (Lipinski definition) is 3. The number of benzene rings is 2. The Morgan fingerprint density at radius 1 is 1.22 bits per heavy atom. The second-order valence-electron chi connectivity index (χ2n) is 9.97. The van der Waals surface area contributed by atoms with Crippen molar-refractivity contribution in [2.45, 2.75) is 33.4 Å². The van der Waals surface area contributed by atoms with Crippen LogP contribution in [0.25, 0.3) is 0 Å². The summed E-state index contributed by atoms with van der Waals surface area (Å²) in [5.41, 5.74) is 0.368. The van der Waals surface area contributed by atoms with Gasteiger partial charge in [-0.05, 0) is 41.3 Å². The minimum absolute atomic E-state index is 0.0982. The number of hydrogen-bond acceptors (Lipinski definition) is 7. The van der Waals surface area contributed by atoms with E-state index in [2.05, 4.69) is 14.8 Å². The van der Waals surface area contributed by atoms with Gasteiger partial charge in [0.15, 0.2) is 5.84 Å². The van der Waals surface area contributed by atoms with Crippen molar-refractivity contribution >= 4 is 46.0 Å². The lowest BCUT2D eigenvalue weighted by Crippen LogP contribution is -2.43. The Bertz CT molecular complexity index is 1480. The summed E-state index contributed by atoms with van der Waals surface area (Å²) >= 11 is 0. The lowest BCUT2D eigenvalue weighted by Gasteiger charge is -2.35. The van der Waals surface area contributed by atoms with Gasteiger partial charge >= 0.3 is 7.52 Å². The zero-order valence-electron chi connectivity index (χ0n) is 20.9. The molecule has 2 atom stereocenters. The summed E-state index contributed by atoms with van der Waals surface area (Å²) in [6, 6.07) is 9.25. The second-order valence-corrected chi connectivity index (χ2v) is 13.8. The number of carbonyl (C=O) groups excluding carboxylic acids is 1. The summed E-state index contributed by atoms with van der Waals surface area (Å²) in [7, 11) is -6.35. The highest BCUT2D eigenvalue weighted by molar-refractivity contribution is 7.92. The third kappa shape index (κ3) is 5.27. The highest BCUT2D eigenvalue weighted by Crippen LogP contribution is 2.52. The molecule has 2 aliphatic rings. The van der Waals surface area contributed by atoms with Gasteiger partial charge in [-0.25, -0.2) is 12.8 Å². The minimum atomic E-state index is -3.96. The van der Waals surface area contributed by atoms with Gasteiger partial charge in [0.05, 0.1) is 23.3 Å². The van der Waals surface area contributed by atoms with Crippen molar-refractivity contribution in [3.05, 3.63) is 65.2 Å². The van der Waals surface area contributed by atoms with Crippen LogP contribution in [0.4, 0.5) is 15.8 Å². The number of nitrogens with zero attached hydrogens (tertiary/aromatic N) is 2. The van der Waals surface area contributed by atoms with Crippen LogP contribution in [-0.2, 0) is 30.5 Å². The maximum atomic E-state index is 13.7. The number of carbonyl (C=O) groups is 1. The van der Waals surface area contributed by atoms with E-state index in [1.54, 1.807) is 12.1 Å². The largest absolute Gasteiger partial charge is 0.509 e. The number of anilines is 2. The van der Waals surface area contributed by atoms with Crippen LogP contribution < -0.4 is 15.3 Å². The summed E-state index contributed by atoms with van der Waals surface area (Å²) in [5, 5.41) is 14.3. The van der Waals surface area contributed by atoms with Gasteiger partial charge in [-0.15, -0.1) is 0 Å². The first kappa shape index (κ1) is 26.8. The molecular weight excluding hydrogens is 522 g/mol. The SMILES string of the molecule is COP1(=O)N=C(C2=C(O)C(C(C)(C)C)N(Cc3ccc(F)cc3)C2=O)Nc2ccc(NS(C)(=O)=O)cc21. The summed E-state index contributed by atoms with van der Waals surface area (Å²) in [6.07, 6.45) is 0.987. The molecule has 198 valence electrons. The molecule has 0 saturated heterocycles. The van der Waals surface area contributed by atoms with Crippen molar-refractivity contribution in [2.75, 3.05) is 23.4 Å². The Morgan fingerprint density at radius 3 is 2.43 bits per heavy atom. The van der Waals surface area contributed by atoms with E-state index in [1.807, 2.05) is 20.8 Å². The fourth-order valence-corrected chi connectivity index (χ4v) is 6.53. The Hall–Kier alpha value is -3.21. The maximum Gasteiger partial charge on any atom is 0.348 e. The number of sulfonamides is 1. The maximum absolute atomic E-state index is 13.7. The molecule has 10 nitrogen and oxygen atoms in total. The quantitative estimate of drug-likeness (QED) is 0.466. The van der Waals surface area contributed by atoms with Gasteiger partial charge in [0.2, 0.25) is 10.0 Å². The van der Waals surface area contributed by atoms with Gasteiger partial charge in [0.1, 0.15) is 17.1 Å². The van der Waals surface area contributed by atoms with Crippen LogP contribution in [0.2, 0.25) is 0 Å². The molecule has 2 aromatic rings. The van der Waals surface area contributed by atoms with Crippen LogP contribution in [0.1, 0.15) is 26.3 Å². The van der Waals surface area contributed by atoms with E-state index in [0.29, 0.717) is 5.56 Å². The number of amidine groups is 1. The average Bonchev–Trinajstić information content (AvgIpc) is 3.04. The molecule has 37 heavy (non-hydrogen) atoms. The Kier molecular flexibility index (Phi) is 6.72. The lowest BCUT2D eigenvalue weighted by atomic mass is 9.85. The number of fused-ring (bicyclic) bond motifs is 1. The number of aliphatic hydroxyl groups excluding tert-OH is 1. The number of amides is 1. The molecular formula is C24H28FN4O6PS. The first-order valence-electron chi connectivity index (χ1n) is 11.3. The zero-order valence-corrected chi connectivity index (χ0v) is 22.7. The molecule has 0 saturated carbocycles. The molecule has 0 radical (unpaired) electrons. The van der Waals surface area contributed by atoms with Crippen LogP contribution in [0.5, 0.6) is 0 Å². The molecule has 2 heterocycles. The number of halogens is 1. The highest BCUT2D eigenvalue weighted by atomic mass is 32.2. The molecule has 0 aliphatic carbocycles. The van der Waals surface area contributed by atoms with Crippen molar-refractivity contribution < 1.29 is 31.8 Å². The van der Waals surface area contributed by atoms with Crippen LogP contribution in [0.3, 0.4) is 0 Å².